The van der Waals surface area contributed by atoms with E-state index in [2.05, 4.69) is 24.5 Å². The molecule has 2 heterocycles. The molecule has 0 saturated carbocycles. The Morgan fingerprint density at radius 1 is 1.26 bits per heavy atom. The number of rotatable bonds is 4. The number of hydrogen-bond donors (Lipinski definition) is 0. The molecule has 19 heavy (non-hydrogen) atoms. The van der Waals surface area contributed by atoms with Gasteiger partial charge in [0.1, 0.15) is 5.82 Å². The minimum Gasteiger partial charge on any atom is -0.469 e. The molecule has 2 rings (SSSR count). The van der Waals surface area contributed by atoms with Crippen LogP contribution in [-0.4, -0.2) is 60.7 Å². The quantitative estimate of drug-likeness (QED) is 0.737. The zero-order valence-corrected chi connectivity index (χ0v) is 11.5. The average Bonchev–Trinajstić information content (AvgIpc) is 2.46. The molecule has 0 unspecified atom stereocenters. The first-order valence-electron chi connectivity index (χ1n) is 6.52. The predicted octanol–water partition coefficient (Wildman–Crippen LogP) is 0.470. The first-order valence-corrected chi connectivity index (χ1v) is 6.52. The van der Waals surface area contributed by atoms with E-state index in [9.17, 15) is 4.79 Å². The summed E-state index contributed by atoms with van der Waals surface area (Å²) in [7, 11) is 1.43. The zero-order chi connectivity index (χ0) is 13.7. The maximum Gasteiger partial charge on any atom is 0.306 e. The number of anilines is 1. The second-order valence-corrected chi connectivity index (χ2v) is 4.62. The first-order chi connectivity index (χ1) is 9.20. The van der Waals surface area contributed by atoms with Crippen LogP contribution in [0.3, 0.4) is 0 Å². The lowest BCUT2D eigenvalue weighted by Gasteiger charge is -2.35. The van der Waals surface area contributed by atoms with Gasteiger partial charge < -0.3 is 9.64 Å². The van der Waals surface area contributed by atoms with Gasteiger partial charge in [0.05, 0.1) is 19.2 Å². The third-order valence-electron chi connectivity index (χ3n) is 3.39. The standard InChI is InChI=1S/C13H20N4O2/c1-11-13(15-5-4-14-11)17-9-7-16(8-10-17)6-3-12(18)19-2/h4-5H,3,6-10H2,1-2H3. The topological polar surface area (TPSA) is 58.6 Å². The minimum atomic E-state index is -0.146. The van der Waals surface area contributed by atoms with Crippen LogP contribution in [0.15, 0.2) is 12.4 Å². The average molecular weight is 264 g/mol. The molecular weight excluding hydrogens is 244 g/mol. The third kappa shape index (κ3) is 3.64. The van der Waals surface area contributed by atoms with Crippen LogP contribution >= 0.6 is 0 Å². The van der Waals surface area contributed by atoms with Crippen LogP contribution in [0.1, 0.15) is 12.1 Å². The fraction of sp³-hybridized carbons (Fsp3) is 0.615. The van der Waals surface area contributed by atoms with Gasteiger partial charge in [-0.3, -0.25) is 14.7 Å². The van der Waals surface area contributed by atoms with Gasteiger partial charge >= 0.3 is 5.97 Å². The van der Waals surface area contributed by atoms with E-state index < -0.39 is 0 Å². The Bertz CT molecular complexity index is 430. The molecule has 104 valence electrons. The number of piperazine rings is 1. The van der Waals surface area contributed by atoms with Crippen LogP contribution in [0.5, 0.6) is 0 Å². The molecule has 1 fully saturated rings. The van der Waals surface area contributed by atoms with Crippen molar-refractivity contribution in [3.05, 3.63) is 18.1 Å². The molecule has 0 radical (unpaired) electrons. The normalized spacial score (nSPS) is 16.4. The lowest BCUT2D eigenvalue weighted by Crippen LogP contribution is -2.47. The van der Waals surface area contributed by atoms with Crippen molar-refractivity contribution < 1.29 is 9.53 Å². The van der Waals surface area contributed by atoms with Crippen LogP contribution in [0.4, 0.5) is 5.82 Å². The summed E-state index contributed by atoms with van der Waals surface area (Å²) in [6.45, 7) is 6.45. The van der Waals surface area contributed by atoms with Crippen molar-refractivity contribution in [2.75, 3.05) is 44.7 Å². The van der Waals surface area contributed by atoms with Gasteiger partial charge in [-0.15, -0.1) is 0 Å². The molecule has 0 aliphatic carbocycles. The molecule has 0 bridgehead atoms. The van der Waals surface area contributed by atoms with Crippen LogP contribution in [0.2, 0.25) is 0 Å². The molecule has 6 nitrogen and oxygen atoms in total. The van der Waals surface area contributed by atoms with Crippen LogP contribution < -0.4 is 4.90 Å². The summed E-state index contributed by atoms with van der Waals surface area (Å²) in [6.07, 6.45) is 3.90. The van der Waals surface area contributed by atoms with Crippen molar-refractivity contribution in [2.24, 2.45) is 0 Å². The van der Waals surface area contributed by atoms with Crippen molar-refractivity contribution in [3.63, 3.8) is 0 Å². The van der Waals surface area contributed by atoms with E-state index in [1.807, 2.05) is 6.92 Å². The number of ether oxygens (including phenoxy) is 1. The number of hydrogen-bond acceptors (Lipinski definition) is 6. The van der Waals surface area contributed by atoms with E-state index in [1.54, 1.807) is 12.4 Å². The SMILES string of the molecule is COC(=O)CCN1CCN(c2nccnc2C)CC1. The molecule has 1 aliphatic heterocycles. The van der Waals surface area contributed by atoms with Crippen molar-refractivity contribution in [1.29, 1.82) is 0 Å². The van der Waals surface area contributed by atoms with Crippen LogP contribution in [-0.2, 0) is 9.53 Å². The van der Waals surface area contributed by atoms with Crippen molar-refractivity contribution in [3.8, 4) is 0 Å². The molecule has 1 aliphatic rings. The van der Waals surface area contributed by atoms with Gasteiger partial charge in [0.25, 0.3) is 0 Å². The fourth-order valence-corrected chi connectivity index (χ4v) is 2.25. The van der Waals surface area contributed by atoms with Crippen molar-refractivity contribution >= 4 is 11.8 Å². The third-order valence-corrected chi connectivity index (χ3v) is 3.39. The molecule has 1 saturated heterocycles. The highest BCUT2D eigenvalue weighted by atomic mass is 16.5. The number of carbonyl (C=O) groups is 1. The highest BCUT2D eigenvalue weighted by Gasteiger charge is 2.19. The Morgan fingerprint density at radius 2 is 1.95 bits per heavy atom. The second kappa shape index (κ2) is 6.47. The Hall–Kier alpha value is -1.69. The molecule has 1 aromatic rings. The number of nitrogens with zero attached hydrogens (tertiary/aromatic N) is 4. The van der Waals surface area contributed by atoms with E-state index in [0.29, 0.717) is 6.42 Å². The summed E-state index contributed by atoms with van der Waals surface area (Å²) >= 11 is 0. The summed E-state index contributed by atoms with van der Waals surface area (Å²) in [5, 5.41) is 0. The maximum atomic E-state index is 11.1. The minimum absolute atomic E-state index is 0.146. The lowest BCUT2D eigenvalue weighted by atomic mass is 10.2. The van der Waals surface area contributed by atoms with Gasteiger partial charge in [-0.05, 0) is 6.92 Å². The summed E-state index contributed by atoms with van der Waals surface area (Å²) in [4.78, 5) is 24.3. The Kier molecular flexibility index (Phi) is 4.68. The first kappa shape index (κ1) is 13.7. The molecule has 0 aromatic carbocycles. The highest BCUT2D eigenvalue weighted by Crippen LogP contribution is 2.15. The number of esters is 1. The number of methoxy groups -OCH3 is 1. The smallest absolute Gasteiger partial charge is 0.306 e. The van der Waals surface area contributed by atoms with Crippen molar-refractivity contribution in [2.45, 2.75) is 13.3 Å². The molecule has 0 spiro atoms. The largest absolute Gasteiger partial charge is 0.469 e. The fourth-order valence-electron chi connectivity index (χ4n) is 2.25. The summed E-state index contributed by atoms with van der Waals surface area (Å²) < 4.78 is 4.65. The second-order valence-electron chi connectivity index (χ2n) is 4.62. The Labute approximate surface area is 113 Å². The highest BCUT2D eigenvalue weighted by molar-refractivity contribution is 5.69. The van der Waals surface area contributed by atoms with Crippen LogP contribution in [0.25, 0.3) is 0 Å². The summed E-state index contributed by atoms with van der Waals surface area (Å²) in [5.74, 6) is 0.822. The van der Waals surface area contributed by atoms with Crippen molar-refractivity contribution in [1.82, 2.24) is 14.9 Å². The van der Waals surface area contributed by atoms with E-state index >= 15 is 0 Å². The van der Waals surface area contributed by atoms with E-state index in [-0.39, 0.29) is 5.97 Å². The van der Waals surface area contributed by atoms with E-state index in [4.69, 9.17) is 0 Å². The number of aryl methyl sites for hydroxylation is 1. The number of aromatic nitrogens is 2. The maximum absolute atomic E-state index is 11.1. The van der Waals surface area contributed by atoms with Gasteiger partial charge in [0, 0.05) is 45.1 Å². The van der Waals surface area contributed by atoms with Gasteiger partial charge in [0.2, 0.25) is 0 Å². The molecular formula is C13H20N4O2. The Balaban J connectivity index is 1.83. The van der Waals surface area contributed by atoms with Gasteiger partial charge in [-0.2, -0.15) is 0 Å². The Morgan fingerprint density at radius 3 is 2.58 bits per heavy atom. The van der Waals surface area contributed by atoms with Crippen LogP contribution in [0, 0.1) is 6.92 Å². The number of carbonyl (C=O) groups excluding carboxylic acids is 1. The van der Waals surface area contributed by atoms with Gasteiger partial charge in [0.15, 0.2) is 0 Å². The molecule has 6 heteroatoms. The lowest BCUT2D eigenvalue weighted by molar-refractivity contribution is -0.141. The monoisotopic (exact) mass is 264 g/mol. The van der Waals surface area contributed by atoms with Gasteiger partial charge in [-0.25, -0.2) is 4.98 Å². The van der Waals surface area contributed by atoms with Gasteiger partial charge in [-0.1, -0.05) is 0 Å². The zero-order valence-electron chi connectivity index (χ0n) is 11.5. The predicted molar refractivity (Wildman–Crippen MR) is 72.1 cm³/mol. The molecule has 0 atom stereocenters. The summed E-state index contributed by atoms with van der Waals surface area (Å²) in [6, 6.07) is 0. The van der Waals surface area contributed by atoms with E-state index in [1.165, 1.54) is 7.11 Å². The summed E-state index contributed by atoms with van der Waals surface area (Å²) in [5.41, 5.74) is 0.963. The van der Waals surface area contributed by atoms with E-state index in [0.717, 1.165) is 44.2 Å². The molecule has 0 amide bonds. The molecule has 1 aromatic heterocycles. The molecule has 0 N–H and O–H groups in total.